The number of ether oxygens (including phenoxy) is 1. The first-order valence-corrected chi connectivity index (χ1v) is 12.0. The molecule has 1 aliphatic rings. The number of nitrogens with zero attached hydrogens (tertiary/aromatic N) is 4. The zero-order valence-electron chi connectivity index (χ0n) is 18.4. The molecule has 3 aromatic rings. The molecule has 5 atom stereocenters. The Kier molecular flexibility index (Phi) is 7.67. The molecule has 0 bridgehead atoms. The van der Waals surface area contributed by atoms with Gasteiger partial charge in [0.1, 0.15) is 30.1 Å². The number of carbonyl (C=O) groups is 1. The van der Waals surface area contributed by atoms with Crippen LogP contribution in [-0.2, 0) is 31.5 Å². The van der Waals surface area contributed by atoms with Gasteiger partial charge in [-0.2, -0.15) is 4.57 Å². The number of rotatable bonds is 10. The van der Waals surface area contributed by atoms with Crippen LogP contribution in [-0.4, -0.2) is 56.0 Å². The fraction of sp³-hybridized carbons (Fsp3) is 0.333. The van der Waals surface area contributed by atoms with Gasteiger partial charge in [0.05, 0.1) is 19.3 Å². The topological polar surface area (TPSA) is 186 Å². The van der Waals surface area contributed by atoms with E-state index in [2.05, 4.69) is 10.3 Å². The number of phosphoric acid groups is 1. The summed E-state index contributed by atoms with van der Waals surface area (Å²) in [6.07, 6.45) is -0.746. The lowest BCUT2D eigenvalue weighted by Gasteiger charge is -2.24. The van der Waals surface area contributed by atoms with Crippen LogP contribution in [0.4, 0.5) is 0 Å². The molecule has 1 unspecified atom stereocenters. The summed E-state index contributed by atoms with van der Waals surface area (Å²) in [5, 5.41) is 28.4. The monoisotopic (exact) mass is 505 g/mol. The zero-order valence-corrected chi connectivity index (χ0v) is 19.3. The van der Waals surface area contributed by atoms with Crippen molar-refractivity contribution in [1.29, 1.82) is 0 Å². The third-order valence-corrected chi connectivity index (χ3v) is 6.19. The van der Waals surface area contributed by atoms with Crippen LogP contribution in [0.25, 0.3) is 0 Å². The second-order valence-electron chi connectivity index (χ2n) is 7.86. The average molecular weight is 505 g/mol. The maximum atomic E-state index is 12.2. The molecule has 13 nitrogen and oxygen atoms in total. The number of aliphatic hydroxyl groups is 2. The molecule has 0 spiro atoms. The number of aliphatic hydroxyl groups excluding tert-OH is 2. The van der Waals surface area contributed by atoms with Crippen molar-refractivity contribution in [2.24, 2.45) is 5.73 Å². The van der Waals surface area contributed by atoms with Crippen molar-refractivity contribution in [3.63, 3.8) is 0 Å². The van der Waals surface area contributed by atoms with Crippen LogP contribution in [0, 0.1) is 0 Å². The van der Waals surface area contributed by atoms with Crippen molar-refractivity contribution in [2.75, 3.05) is 6.61 Å². The van der Waals surface area contributed by atoms with Gasteiger partial charge >= 0.3 is 0 Å². The van der Waals surface area contributed by atoms with Gasteiger partial charge in [-0.25, -0.2) is 4.68 Å². The Hall–Kier alpha value is -3.03. The number of nitrogens with two attached hydrogens (primary N) is 1. The van der Waals surface area contributed by atoms with Crippen LogP contribution in [0.3, 0.4) is 0 Å². The number of primary amides is 1. The second kappa shape index (κ2) is 10.7. The van der Waals surface area contributed by atoms with Crippen molar-refractivity contribution >= 4 is 13.7 Å². The summed E-state index contributed by atoms with van der Waals surface area (Å²) in [7, 11) is -4.79. The molecule has 186 valence electrons. The first kappa shape index (κ1) is 25.1. The minimum atomic E-state index is -4.79. The van der Waals surface area contributed by atoms with Crippen molar-refractivity contribution in [1.82, 2.24) is 15.0 Å². The van der Waals surface area contributed by atoms with E-state index < -0.39 is 51.5 Å². The number of benzene rings is 1. The van der Waals surface area contributed by atoms with Gasteiger partial charge in [0.15, 0.2) is 18.5 Å². The molecule has 35 heavy (non-hydrogen) atoms. The molecule has 1 fully saturated rings. The molecule has 3 heterocycles. The second-order valence-corrected chi connectivity index (χ2v) is 9.27. The smallest absolute Gasteiger partial charge is 0.292 e. The molecule has 0 aliphatic carbocycles. The molecular formula is C21H24N5O8P. The van der Waals surface area contributed by atoms with Crippen molar-refractivity contribution in [3.8, 4) is 0 Å². The molecular weight excluding hydrogens is 481 g/mol. The fourth-order valence-electron chi connectivity index (χ4n) is 3.51. The van der Waals surface area contributed by atoms with E-state index in [1.807, 2.05) is 30.3 Å². The predicted molar refractivity (Wildman–Crippen MR) is 115 cm³/mol. The summed E-state index contributed by atoms with van der Waals surface area (Å²) in [4.78, 5) is 23.6. The van der Waals surface area contributed by atoms with Gasteiger partial charge in [0.2, 0.25) is 0 Å². The molecule has 4 rings (SSSR count). The number of phosphoric ester groups is 1. The van der Waals surface area contributed by atoms with Crippen molar-refractivity contribution in [2.45, 2.75) is 37.7 Å². The summed E-state index contributed by atoms with van der Waals surface area (Å²) in [5.74, 6) is -0.684. The van der Waals surface area contributed by atoms with Gasteiger partial charge in [-0.3, -0.25) is 9.36 Å². The summed E-state index contributed by atoms with van der Waals surface area (Å²) < 4.78 is 30.4. The minimum absolute atomic E-state index is 0.163. The molecule has 1 aliphatic heterocycles. The molecule has 0 radical (unpaired) electrons. The van der Waals surface area contributed by atoms with E-state index in [4.69, 9.17) is 19.5 Å². The highest BCUT2D eigenvalue weighted by Gasteiger charge is 2.48. The SMILES string of the molecule is NC(=O)c1ccc[n+]([C@@H]2O[C@H](COP(=O)([O-])OCc3cn(Cc4ccccc4)nn3)[C@@H](O)[C@H]2O)c1. The first-order chi connectivity index (χ1) is 16.7. The van der Waals surface area contributed by atoms with E-state index in [0.29, 0.717) is 6.54 Å². The van der Waals surface area contributed by atoms with Gasteiger partial charge in [-0.05, 0) is 11.6 Å². The third-order valence-electron chi connectivity index (χ3n) is 5.28. The van der Waals surface area contributed by atoms with Crippen molar-refractivity contribution in [3.05, 3.63) is 77.9 Å². The van der Waals surface area contributed by atoms with Gasteiger partial charge in [0.25, 0.3) is 20.0 Å². The summed E-state index contributed by atoms with van der Waals surface area (Å²) >= 11 is 0. The number of carbonyl (C=O) groups excluding carboxylic acids is 1. The van der Waals surface area contributed by atoms with E-state index in [0.717, 1.165) is 5.56 Å². The molecule has 14 heteroatoms. The van der Waals surface area contributed by atoms with E-state index in [1.54, 1.807) is 10.9 Å². The first-order valence-electron chi connectivity index (χ1n) is 10.6. The summed E-state index contributed by atoms with van der Waals surface area (Å²) in [6, 6.07) is 12.5. The largest absolute Gasteiger partial charge is 0.756 e. The van der Waals surface area contributed by atoms with E-state index in [-0.39, 0.29) is 11.3 Å². The Morgan fingerprint density at radius 1 is 1.20 bits per heavy atom. The number of hydrogen-bond acceptors (Lipinski definition) is 10. The molecule has 1 amide bonds. The average Bonchev–Trinajstić information content (AvgIpc) is 3.41. The molecule has 4 N–H and O–H groups in total. The van der Waals surface area contributed by atoms with E-state index in [1.165, 1.54) is 29.1 Å². The zero-order chi connectivity index (χ0) is 25.0. The summed E-state index contributed by atoms with van der Waals surface area (Å²) in [6.45, 7) is -0.545. The Balaban J connectivity index is 1.30. The van der Waals surface area contributed by atoms with Crippen LogP contribution < -0.4 is 15.2 Å². The number of aromatic nitrogens is 4. The maximum absolute atomic E-state index is 12.2. The Morgan fingerprint density at radius 2 is 1.97 bits per heavy atom. The molecule has 2 aromatic heterocycles. The Labute approximate surface area is 199 Å². The van der Waals surface area contributed by atoms with Gasteiger partial charge in [0, 0.05) is 6.07 Å². The lowest BCUT2D eigenvalue weighted by Crippen LogP contribution is -2.46. The van der Waals surface area contributed by atoms with Crippen LogP contribution in [0.2, 0.25) is 0 Å². The van der Waals surface area contributed by atoms with Gasteiger partial charge in [-0.1, -0.05) is 35.5 Å². The van der Waals surface area contributed by atoms with Crippen LogP contribution in [0.15, 0.2) is 61.1 Å². The number of pyridine rings is 1. The molecule has 0 saturated carbocycles. The highest BCUT2D eigenvalue weighted by Crippen LogP contribution is 2.40. The quantitative estimate of drug-likeness (QED) is 0.229. The van der Waals surface area contributed by atoms with Crippen LogP contribution >= 0.6 is 7.82 Å². The van der Waals surface area contributed by atoms with Crippen molar-refractivity contribution < 1.29 is 42.8 Å². The lowest BCUT2D eigenvalue weighted by atomic mass is 10.1. The van der Waals surface area contributed by atoms with Crippen LogP contribution in [0.1, 0.15) is 27.8 Å². The number of amides is 1. The normalized spacial score (nSPS) is 23.7. The number of hydrogen-bond donors (Lipinski definition) is 3. The minimum Gasteiger partial charge on any atom is -0.756 e. The van der Waals surface area contributed by atoms with E-state index >= 15 is 0 Å². The fourth-order valence-corrected chi connectivity index (χ4v) is 4.20. The predicted octanol–water partition coefficient (Wildman–Crippen LogP) is -0.966. The maximum Gasteiger partial charge on any atom is 0.292 e. The summed E-state index contributed by atoms with van der Waals surface area (Å²) in [5.41, 5.74) is 6.70. The third kappa shape index (κ3) is 6.35. The standard InChI is InChI=1S/C21H24N5O8P/c22-20(29)15-7-4-8-25(10-15)21-19(28)18(27)17(34-21)13-33-35(30,31)32-12-16-11-26(24-23-16)9-14-5-2-1-3-6-14/h1-8,10-11,17-19,21,27-28H,9,12-13H2,(H2-,22,29,30,31)/t17-,18-,19-,21-/m1/s1. The highest BCUT2D eigenvalue weighted by atomic mass is 31.2. The Bertz CT molecular complexity index is 1210. The Morgan fingerprint density at radius 3 is 2.71 bits per heavy atom. The highest BCUT2D eigenvalue weighted by molar-refractivity contribution is 7.45. The van der Waals surface area contributed by atoms with Gasteiger partial charge < -0.3 is 34.6 Å². The van der Waals surface area contributed by atoms with Crippen LogP contribution in [0.5, 0.6) is 0 Å². The molecule has 1 aromatic carbocycles. The van der Waals surface area contributed by atoms with Gasteiger partial charge in [-0.15, -0.1) is 5.10 Å². The molecule has 1 saturated heterocycles. The lowest BCUT2D eigenvalue weighted by molar-refractivity contribution is -0.765. The van der Waals surface area contributed by atoms with E-state index in [9.17, 15) is 24.5 Å².